The summed E-state index contributed by atoms with van der Waals surface area (Å²) in [6.45, 7) is 35.3. The second-order valence-electron chi connectivity index (χ2n) is 33.5. The van der Waals surface area contributed by atoms with Gasteiger partial charge in [0.1, 0.15) is 13.2 Å². The molecule has 11 aromatic rings. The number of hydrogen-bond donors (Lipinski definition) is 5. The van der Waals surface area contributed by atoms with Crippen molar-refractivity contribution in [1.82, 2.24) is 23.7 Å². The predicted octanol–water partition coefficient (Wildman–Crippen LogP) is 16.9. The maximum absolute atomic E-state index is 14.1. The van der Waals surface area contributed by atoms with E-state index in [0.717, 1.165) is 85.6 Å². The zero-order valence-corrected chi connectivity index (χ0v) is 84.3. The van der Waals surface area contributed by atoms with Crippen LogP contribution >= 0.6 is 31.9 Å². The third-order valence-corrected chi connectivity index (χ3v) is 23.9. The number of hydrogen-bond acceptors (Lipinski definition) is 21. The molecular weight excluding hydrogens is 1880 g/mol. The summed E-state index contributed by atoms with van der Waals surface area (Å²) >= 11 is 7.36. The van der Waals surface area contributed by atoms with Crippen LogP contribution in [-0.4, -0.2) is 117 Å². The molecule has 0 saturated heterocycles. The number of anilines is 2. The Labute approximate surface area is 792 Å². The summed E-state index contributed by atoms with van der Waals surface area (Å²) in [7, 11) is -2.47. The van der Waals surface area contributed by atoms with Crippen LogP contribution in [0.1, 0.15) is 194 Å². The molecule has 5 N–H and O–H groups in total. The number of aliphatic hydroxyl groups is 1. The highest BCUT2D eigenvalue weighted by Gasteiger charge is 2.39. The van der Waals surface area contributed by atoms with Crippen LogP contribution in [-0.2, 0) is 106 Å². The van der Waals surface area contributed by atoms with E-state index < -0.39 is 73.3 Å². The molecule has 5 heterocycles. The van der Waals surface area contributed by atoms with Crippen molar-refractivity contribution in [2.24, 2.45) is 21.1 Å². The lowest BCUT2D eigenvalue weighted by Gasteiger charge is -2.33. The van der Waals surface area contributed by atoms with Crippen molar-refractivity contribution in [1.29, 1.82) is 0 Å². The Morgan fingerprint density at radius 3 is 1.20 bits per heavy atom. The van der Waals surface area contributed by atoms with Crippen molar-refractivity contribution in [2.75, 3.05) is 34.8 Å². The van der Waals surface area contributed by atoms with Gasteiger partial charge in [0.15, 0.2) is 12.2 Å². The summed E-state index contributed by atoms with van der Waals surface area (Å²) in [4.78, 5) is 122. The summed E-state index contributed by atoms with van der Waals surface area (Å²) in [5, 5.41) is 17.2. The molecule has 0 aliphatic carbocycles. The van der Waals surface area contributed by atoms with Crippen molar-refractivity contribution < 1.29 is 79.4 Å². The first-order valence-corrected chi connectivity index (χ1v) is 47.4. The number of aromatic amines is 2. The van der Waals surface area contributed by atoms with Crippen LogP contribution in [0.4, 0.5) is 11.4 Å². The number of rotatable bonds is 24. The average molecular weight is 2000 g/mol. The van der Waals surface area contributed by atoms with E-state index in [-0.39, 0.29) is 59.7 Å². The van der Waals surface area contributed by atoms with Gasteiger partial charge >= 0.3 is 29.8 Å². The molecule has 11 rings (SSSR count). The summed E-state index contributed by atoms with van der Waals surface area (Å²) in [6.07, 6.45) is -0.0773. The van der Waals surface area contributed by atoms with E-state index in [9.17, 15) is 64.8 Å². The third kappa shape index (κ3) is 32.3. The lowest BCUT2D eigenvalue weighted by Crippen LogP contribution is -2.33. The van der Waals surface area contributed by atoms with Gasteiger partial charge < -0.3 is 62.3 Å². The normalized spacial score (nSPS) is 11.6. The molecule has 0 saturated carbocycles. The highest BCUT2D eigenvalue weighted by Crippen LogP contribution is 2.49. The Balaban J connectivity index is 0.000000275. The van der Waals surface area contributed by atoms with Gasteiger partial charge in [-0.25, -0.2) is 40.8 Å². The van der Waals surface area contributed by atoms with E-state index in [1.807, 2.05) is 185 Å². The maximum Gasteiger partial charge on any atom is 0.340 e. The highest BCUT2D eigenvalue weighted by atomic mass is 79.9. The first kappa shape index (κ1) is 110. The van der Waals surface area contributed by atoms with E-state index >= 15 is 0 Å². The van der Waals surface area contributed by atoms with Crippen LogP contribution in [0.25, 0.3) is 22.3 Å². The number of halogens is 2. The molecule has 0 unspecified atom stereocenters. The smallest absolute Gasteiger partial charge is 0.340 e. The van der Waals surface area contributed by atoms with Crippen molar-refractivity contribution in [3.63, 3.8) is 0 Å². The van der Waals surface area contributed by atoms with Crippen molar-refractivity contribution in [3.8, 4) is 22.3 Å². The zero-order valence-electron chi connectivity index (χ0n) is 79.5. The van der Waals surface area contributed by atoms with Crippen molar-refractivity contribution in [2.45, 2.75) is 181 Å². The first-order chi connectivity index (χ1) is 62.0. The van der Waals surface area contributed by atoms with Gasteiger partial charge in [-0.15, -0.1) is 0 Å². The molecule has 0 spiro atoms. The number of pyridine rings is 5. The number of carboxylic acid groups (broad SMARTS) is 1. The molecule has 29 nitrogen and oxygen atoms in total. The third-order valence-electron chi connectivity index (χ3n) is 20.2. The zero-order chi connectivity index (χ0) is 99.8. The number of nitrogens with zero attached hydrogens (tertiary/aromatic N) is 4. The minimum atomic E-state index is -3.90. The Morgan fingerprint density at radius 2 is 0.827 bits per heavy atom. The standard InChI is InChI=1S/C37H43BrN2O6S.C29H34BrNO5S.C10H13NO3.C9H11NO3.C8H11NO2.C7H7NO3/c1-23-15-17-29(18-16-23)31-25(3)33(38)34(40(47(9,43)44)21-28-19-24(2)39(8)30(41)20-28)26(4)32(31)35(46-37(5,6)7)36(42)45-22-27-13-11-10-12-14-27;1-18-13-15-22(16-14-18)23-19(2)25(30)26(31-37(7,33)34)20(3)24(23)27(36-29(4,5)6)28(32)35-17-21-11-9-8-10-12-21;1-4-14-10(13)8-5-7(2)11(3)9(12)6-8;1-3-13-9(12)7-4-6(2)10-8(11)5-7;1-6-3-7(5-10)4-8(11)9(6)2;1-4-2-5(7(10)11)3-6(9)8-4/h10-20,35H,21-22H2,1-9H3;8-16,27,31H,17H2,1-7H3;5-6H,4H2,1-3H3;4-5H,3H2,1-2H3,(H,10,11);3-4,10H,5H2,1-2H3;2-3H,1H3,(H,8,9)(H,10,11)/t35-;27-;;;;/m00..../s1. The molecule has 0 radical (unpaired) electrons. The fourth-order valence-electron chi connectivity index (χ4n) is 13.5. The second-order valence-corrected chi connectivity index (χ2v) is 38.8. The van der Waals surface area contributed by atoms with Gasteiger partial charge in [0.05, 0.1) is 78.1 Å². The monoisotopic (exact) mass is 1990 g/mol. The van der Waals surface area contributed by atoms with E-state index in [1.54, 1.807) is 105 Å². The molecule has 0 amide bonds. The average Bonchev–Trinajstić information content (AvgIpc) is 0.739. The summed E-state index contributed by atoms with van der Waals surface area (Å²) in [5.74, 6) is -3.15. The summed E-state index contributed by atoms with van der Waals surface area (Å²) < 4.78 is 95.3. The number of ether oxygens (including phenoxy) is 6. The largest absolute Gasteiger partial charge is 0.478 e. The number of aliphatic hydroxyl groups excluding tert-OH is 1. The molecule has 0 aliphatic heterocycles. The van der Waals surface area contributed by atoms with Gasteiger partial charge in [0, 0.05) is 100 Å². The Kier molecular flexibility index (Phi) is 39.9. The van der Waals surface area contributed by atoms with E-state index in [1.165, 1.54) is 43.8 Å². The minimum Gasteiger partial charge on any atom is -0.478 e. The molecule has 33 heteroatoms. The van der Waals surface area contributed by atoms with Crippen LogP contribution < -0.4 is 36.8 Å². The summed E-state index contributed by atoms with van der Waals surface area (Å²) in [6, 6.07) is 49.4. The molecule has 0 bridgehead atoms. The SMILES string of the molecule is CCOC(=O)c1cc(C)[nH]c(=O)c1.CCOC(=O)c1cc(C)n(C)c(=O)c1.Cc1cc(C(=O)O)cc(=O)[nH]1.Cc1cc(CO)cc(=O)n1C.Cc1ccc(-c2c(C)c(Br)c(N(Cc3cc(C)n(C)c(=O)c3)S(C)(=O)=O)c(C)c2[C@H](OC(C)(C)C)C(=O)OCc2ccccc2)cc1.Cc1ccc(-c2c(C)c(Br)c(NS(C)(=O)=O)c(C)c2[C@H](OC(C)(C)C)C(=O)OCc2ccccc2)cc1. The number of H-pyrrole nitrogens is 2. The van der Waals surface area contributed by atoms with E-state index in [0.29, 0.717) is 95.1 Å². The molecular formula is C100H119Br2N7O22S2. The number of nitrogens with one attached hydrogen (secondary N) is 3. The number of esters is 4. The van der Waals surface area contributed by atoms with Crippen LogP contribution in [0, 0.1) is 76.2 Å². The predicted molar refractivity (Wildman–Crippen MR) is 524 cm³/mol. The second kappa shape index (κ2) is 48.4. The van der Waals surface area contributed by atoms with Gasteiger partial charge in [0.2, 0.25) is 31.2 Å². The molecule has 712 valence electrons. The number of benzene rings is 6. The molecule has 6 aromatic carbocycles. The lowest BCUT2D eigenvalue weighted by molar-refractivity contribution is -0.169. The number of aromatic nitrogens is 5. The molecule has 0 fully saturated rings. The van der Waals surface area contributed by atoms with Crippen LogP contribution in [0.5, 0.6) is 0 Å². The maximum atomic E-state index is 14.1. The Hall–Kier alpha value is -12.2. The van der Waals surface area contributed by atoms with Crippen LogP contribution in [0.3, 0.4) is 0 Å². The fourth-order valence-corrected chi connectivity index (χ4v) is 16.6. The van der Waals surface area contributed by atoms with Gasteiger partial charge in [-0.1, -0.05) is 120 Å². The quantitative estimate of drug-likeness (QED) is 0.0277. The highest BCUT2D eigenvalue weighted by molar-refractivity contribution is 9.11. The first-order valence-electron chi connectivity index (χ1n) is 42.1. The van der Waals surface area contributed by atoms with Crippen LogP contribution in [0.2, 0.25) is 0 Å². The molecule has 2 atom stereocenters. The minimum absolute atomic E-state index is 0.0197. The van der Waals surface area contributed by atoms with E-state index in [2.05, 4.69) is 46.5 Å². The topological polar surface area (TPSA) is 396 Å². The number of aromatic carboxylic acids is 1. The summed E-state index contributed by atoms with van der Waals surface area (Å²) in [5.41, 5.74) is 14.1. The number of aryl methyl sites for hydroxylation is 7. The van der Waals surface area contributed by atoms with E-state index in [4.69, 9.17) is 38.6 Å². The van der Waals surface area contributed by atoms with Crippen molar-refractivity contribution >= 4 is 93.1 Å². The van der Waals surface area contributed by atoms with Crippen molar-refractivity contribution in [3.05, 3.63) is 342 Å². The Morgan fingerprint density at radius 1 is 0.459 bits per heavy atom. The number of carbonyl (C=O) groups excluding carboxylic acids is 4. The number of carboxylic acids is 1. The molecule has 133 heavy (non-hydrogen) atoms. The number of carbonyl (C=O) groups is 5. The fraction of sp³-hybridized carbons (Fsp3) is 0.340. The van der Waals surface area contributed by atoms with Gasteiger partial charge in [-0.05, 0) is 261 Å². The molecule has 0 aliphatic rings. The van der Waals surface area contributed by atoms with Crippen LogP contribution in [0.15, 0.2) is 203 Å². The van der Waals surface area contributed by atoms with Gasteiger partial charge in [0.25, 0.3) is 16.7 Å². The molecule has 5 aromatic heterocycles. The Bertz CT molecular complexity index is 6580. The lowest BCUT2D eigenvalue weighted by atomic mass is 9.87. The van der Waals surface area contributed by atoms with Gasteiger partial charge in [-0.2, -0.15) is 0 Å². The van der Waals surface area contributed by atoms with Gasteiger partial charge in [-0.3, -0.25) is 33.0 Å². The number of sulfonamides is 2.